The van der Waals surface area contributed by atoms with Crippen molar-refractivity contribution in [2.45, 2.75) is 65.8 Å². The van der Waals surface area contributed by atoms with Crippen LogP contribution in [0.1, 0.15) is 59.8 Å². The highest BCUT2D eigenvalue weighted by Gasteiger charge is 2.12. The molecule has 0 aromatic carbocycles. The van der Waals surface area contributed by atoms with Crippen LogP contribution >= 0.6 is 0 Å². The Kier molecular flexibility index (Phi) is 10.5. The molecule has 0 aliphatic heterocycles. The minimum Gasteiger partial charge on any atom is -0.376 e. The maximum Gasteiger partial charge on any atom is 0.263 e. The van der Waals surface area contributed by atoms with E-state index in [0.717, 1.165) is 45.2 Å². The van der Waals surface area contributed by atoms with Gasteiger partial charge in [-0.15, -0.1) is 0 Å². The lowest BCUT2D eigenvalue weighted by molar-refractivity contribution is -0.117. The van der Waals surface area contributed by atoms with Crippen molar-refractivity contribution < 1.29 is 4.79 Å². The van der Waals surface area contributed by atoms with Crippen molar-refractivity contribution in [3.05, 3.63) is 11.8 Å². The monoisotopic (exact) mass is 279 g/mol. The fraction of sp³-hybridized carbons (Fsp3) is 0.750. The number of carbonyl (C=O) groups is 1. The number of rotatable bonds is 10. The Labute approximate surface area is 123 Å². The average molecular weight is 279 g/mol. The van der Waals surface area contributed by atoms with E-state index in [-0.39, 0.29) is 17.5 Å². The molecule has 0 aromatic rings. The van der Waals surface area contributed by atoms with Gasteiger partial charge in [0.05, 0.1) is 0 Å². The number of unbranched alkanes of at least 4 members (excludes halogenated alkanes) is 2. The van der Waals surface area contributed by atoms with Gasteiger partial charge in [0.1, 0.15) is 11.6 Å². The standard InChI is InChI=1S/C16H29N3O/c1-5-8-10-19(11-9-6-2)13-15(12-17)16(20)18-14(4)7-3/h13-14H,5-11H2,1-4H3,(H,18,20)/b15-13-. The summed E-state index contributed by atoms with van der Waals surface area (Å²) in [5.41, 5.74) is 0.206. The molecule has 1 unspecified atom stereocenters. The second-order valence-electron chi connectivity index (χ2n) is 5.18. The zero-order chi connectivity index (χ0) is 15.4. The van der Waals surface area contributed by atoms with E-state index in [2.05, 4.69) is 24.1 Å². The van der Waals surface area contributed by atoms with Crippen molar-refractivity contribution in [3.63, 3.8) is 0 Å². The van der Waals surface area contributed by atoms with Crippen LogP contribution in [0.5, 0.6) is 0 Å². The second-order valence-corrected chi connectivity index (χ2v) is 5.18. The molecule has 0 rings (SSSR count). The van der Waals surface area contributed by atoms with Gasteiger partial charge in [-0.25, -0.2) is 0 Å². The first-order valence-corrected chi connectivity index (χ1v) is 7.75. The smallest absolute Gasteiger partial charge is 0.263 e. The number of hydrogen-bond donors (Lipinski definition) is 1. The Morgan fingerprint density at radius 3 is 2.20 bits per heavy atom. The molecule has 0 saturated carbocycles. The predicted octanol–water partition coefficient (Wildman–Crippen LogP) is 3.21. The Hall–Kier alpha value is -1.50. The predicted molar refractivity (Wildman–Crippen MR) is 83.0 cm³/mol. The van der Waals surface area contributed by atoms with E-state index in [1.165, 1.54) is 0 Å². The van der Waals surface area contributed by atoms with Crippen LogP contribution in [0, 0.1) is 11.3 Å². The Morgan fingerprint density at radius 1 is 1.25 bits per heavy atom. The van der Waals surface area contributed by atoms with Crippen LogP contribution in [0.25, 0.3) is 0 Å². The SMILES string of the molecule is CCCCN(/C=C(/C#N)C(=O)NC(C)CC)CCCC. The largest absolute Gasteiger partial charge is 0.376 e. The van der Waals surface area contributed by atoms with Gasteiger partial charge >= 0.3 is 0 Å². The first kappa shape index (κ1) is 18.5. The number of hydrogen-bond acceptors (Lipinski definition) is 3. The van der Waals surface area contributed by atoms with Crippen LogP contribution in [-0.4, -0.2) is 29.9 Å². The molecule has 20 heavy (non-hydrogen) atoms. The van der Waals surface area contributed by atoms with Gasteiger partial charge in [0, 0.05) is 25.3 Å². The van der Waals surface area contributed by atoms with E-state index >= 15 is 0 Å². The molecule has 0 radical (unpaired) electrons. The molecule has 1 N–H and O–H groups in total. The van der Waals surface area contributed by atoms with Crippen molar-refractivity contribution in [1.29, 1.82) is 5.26 Å². The zero-order valence-electron chi connectivity index (χ0n) is 13.4. The van der Waals surface area contributed by atoms with Gasteiger partial charge in [-0.05, 0) is 26.2 Å². The molecule has 1 amide bonds. The molecule has 0 spiro atoms. The summed E-state index contributed by atoms with van der Waals surface area (Å²) < 4.78 is 0. The molecule has 0 fully saturated rings. The highest BCUT2D eigenvalue weighted by molar-refractivity contribution is 5.97. The van der Waals surface area contributed by atoms with Crippen molar-refractivity contribution in [2.24, 2.45) is 0 Å². The Balaban J connectivity index is 4.75. The van der Waals surface area contributed by atoms with Crippen LogP contribution in [0.15, 0.2) is 11.8 Å². The molecule has 1 atom stereocenters. The molecule has 0 heterocycles. The van der Waals surface area contributed by atoms with E-state index in [0.29, 0.717) is 0 Å². The summed E-state index contributed by atoms with van der Waals surface area (Å²) in [6.45, 7) is 10.0. The van der Waals surface area contributed by atoms with Gasteiger partial charge in [-0.2, -0.15) is 5.26 Å². The van der Waals surface area contributed by atoms with Gasteiger partial charge in [-0.3, -0.25) is 4.79 Å². The number of nitrogens with one attached hydrogen (secondary N) is 1. The van der Waals surface area contributed by atoms with Crippen molar-refractivity contribution in [3.8, 4) is 6.07 Å². The number of nitriles is 1. The average Bonchev–Trinajstić information content (AvgIpc) is 2.46. The van der Waals surface area contributed by atoms with Crippen molar-refractivity contribution in [2.75, 3.05) is 13.1 Å². The third kappa shape index (κ3) is 7.83. The molecule has 0 bridgehead atoms. The normalized spacial score (nSPS) is 12.7. The van der Waals surface area contributed by atoms with E-state index in [1.54, 1.807) is 6.20 Å². The molecular weight excluding hydrogens is 250 g/mol. The molecule has 4 nitrogen and oxygen atoms in total. The molecule has 0 aromatic heterocycles. The summed E-state index contributed by atoms with van der Waals surface area (Å²) in [5.74, 6) is -0.264. The molecule has 4 heteroatoms. The molecule has 114 valence electrons. The fourth-order valence-corrected chi connectivity index (χ4v) is 1.69. The molecule has 0 saturated heterocycles. The van der Waals surface area contributed by atoms with E-state index in [9.17, 15) is 10.1 Å². The molecule has 0 aliphatic rings. The molecule has 0 aliphatic carbocycles. The maximum absolute atomic E-state index is 12.0. The summed E-state index contributed by atoms with van der Waals surface area (Å²) in [6, 6.07) is 2.12. The third-order valence-electron chi connectivity index (χ3n) is 3.26. The topological polar surface area (TPSA) is 56.1 Å². The minimum absolute atomic E-state index is 0.0963. The highest BCUT2D eigenvalue weighted by Crippen LogP contribution is 2.04. The summed E-state index contributed by atoms with van der Waals surface area (Å²) in [5, 5.41) is 12.0. The second kappa shape index (κ2) is 11.3. The van der Waals surface area contributed by atoms with E-state index < -0.39 is 0 Å². The number of amides is 1. The van der Waals surface area contributed by atoms with Gasteiger partial charge in [0.25, 0.3) is 5.91 Å². The maximum atomic E-state index is 12.0. The van der Waals surface area contributed by atoms with Gasteiger partial charge in [0.2, 0.25) is 0 Å². The van der Waals surface area contributed by atoms with Crippen LogP contribution in [0.4, 0.5) is 0 Å². The number of carbonyl (C=O) groups excluding carboxylic acids is 1. The van der Waals surface area contributed by atoms with E-state index in [4.69, 9.17) is 0 Å². The quantitative estimate of drug-likeness (QED) is 0.493. The first-order valence-electron chi connectivity index (χ1n) is 7.75. The lowest BCUT2D eigenvalue weighted by Gasteiger charge is -2.20. The summed E-state index contributed by atoms with van der Waals surface area (Å²) in [6.07, 6.45) is 6.95. The summed E-state index contributed by atoms with van der Waals surface area (Å²) in [7, 11) is 0. The first-order chi connectivity index (χ1) is 9.58. The van der Waals surface area contributed by atoms with Crippen LogP contribution < -0.4 is 5.32 Å². The lowest BCUT2D eigenvalue weighted by atomic mass is 10.2. The number of nitrogens with zero attached hydrogens (tertiary/aromatic N) is 2. The van der Waals surface area contributed by atoms with Crippen LogP contribution in [0.2, 0.25) is 0 Å². The fourth-order valence-electron chi connectivity index (χ4n) is 1.69. The van der Waals surface area contributed by atoms with Crippen LogP contribution in [0.3, 0.4) is 0 Å². The van der Waals surface area contributed by atoms with Crippen molar-refractivity contribution >= 4 is 5.91 Å². The van der Waals surface area contributed by atoms with Gasteiger partial charge < -0.3 is 10.2 Å². The van der Waals surface area contributed by atoms with Gasteiger partial charge in [-0.1, -0.05) is 33.6 Å². The molecular formula is C16H29N3O. The summed E-state index contributed by atoms with van der Waals surface area (Å²) >= 11 is 0. The minimum atomic E-state index is -0.264. The third-order valence-corrected chi connectivity index (χ3v) is 3.26. The van der Waals surface area contributed by atoms with E-state index in [1.807, 2.05) is 19.9 Å². The Morgan fingerprint density at radius 2 is 1.80 bits per heavy atom. The van der Waals surface area contributed by atoms with Gasteiger partial charge in [0.15, 0.2) is 0 Å². The highest BCUT2D eigenvalue weighted by atomic mass is 16.1. The summed E-state index contributed by atoms with van der Waals surface area (Å²) in [4.78, 5) is 14.1. The van der Waals surface area contributed by atoms with Crippen LogP contribution in [-0.2, 0) is 4.79 Å². The Bertz CT molecular complexity index is 336. The zero-order valence-corrected chi connectivity index (χ0v) is 13.4. The lowest BCUT2D eigenvalue weighted by Crippen LogP contribution is -2.33. The van der Waals surface area contributed by atoms with Crippen molar-refractivity contribution in [1.82, 2.24) is 10.2 Å².